The quantitative estimate of drug-likeness (QED) is 0.614. The van der Waals surface area contributed by atoms with Crippen molar-refractivity contribution in [1.29, 1.82) is 0 Å². The third-order valence-corrected chi connectivity index (χ3v) is 4.88. The molecule has 6 heteroatoms. The van der Waals surface area contributed by atoms with Crippen molar-refractivity contribution in [3.63, 3.8) is 0 Å². The number of benzene rings is 1. The fourth-order valence-electron chi connectivity index (χ4n) is 3.36. The molecule has 0 spiro atoms. The van der Waals surface area contributed by atoms with E-state index in [1.807, 2.05) is 30.1 Å². The van der Waals surface area contributed by atoms with Crippen molar-refractivity contribution in [3.8, 4) is 5.69 Å². The van der Waals surface area contributed by atoms with Crippen LogP contribution in [0, 0.1) is 13.8 Å². The van der Waals surface area contributed by atoms with Gasteiger partial charge >= 0.3 is 0 Å². The lowest BCUT2D eigenvalue weighted by atomic mass is 10.1. The minimum Gasteiger partial charge on any atom is -0.342 e. The molecule has 0 unspecified atom stereocenters. The third kappa shape index (κ3) is 2.67. The van der Waals surface area contributed by atoms with Gasteiger partial charge in [-0.25, -0.2) is 14.6 Å². The van der Waals surface area contributed by atoms with E-state index in [0.29, 0.717) is 5.92 Å². The normalized spacial score (nSPS) is 14.2. The molecular formula is C20H20N6. The van der Waals surface area contributed by atoms with E-state index in [2.05, 4.69) is 40.1 Å². The molecule has 1 N–H and O–H groups in total. The Morgan fingerprint density at radius 2 is 2.04 bits per heavy atom. The Hall–Kier alpha value is -3.02. The summed E-state index contributed by atoms with van der Waals surface area (Å²) in [6.45, 7) is 4.04. The molecule has 1 aliphatic carbocycles. The molecule has 1 aliphatic rings. The van der Waals surface area contributed by atoms with E-state index in [4.69, 9.17) is 10.1 Å². The second-order valence-corrected chi connectivity index (χ2v) is 7.08. The van der Waals surface area contributed by atoms with Crippen LogP contribution in [0.15, 0.2) is 36.7 Å². The average Bonchev–Trinajstić information content (AvgIpc) is 3.29. The second-order valence-electron chi connectivity index (χ2n) is 7.08. The lowest BCUT2D eigenvalue weighted by Gasteiger charge is -2.08. The highest BCUT2D eigenvalue weighted by Crippen LogP contribution is 2.38. The zero-order valence-corrected chi connectivity index (χ0v) is 14.9. The largest absolute Gasteiger partial charge is 0.342 e. The lowest BCUT2D eigenvalue weighted by Crippen LogP contribution is -2.06. The molecular weight excluding hydrogens is 324 g/mol. The molecule has 3 aromatic heterocycles. The van der Waals surface area contributed by atoms with Crippen molar-refractivity contribution in [1.82, 2.24) is 29.7 Å². The van der Waals surface area contributed by atoms with Gasteiger partial charge in [-0.2, -0.15) is 5.10 Å². The highest BCUT2D eigenvalue weighted by atomic mass is 15.4. The Bertz CT molecular complexity index is 1100. The van der Waals surface area contributed by atoms with Crippen LogP contribution in [0.25, 0.3) is 16.7 Å². The molecule has 26 heavy (non-hydrogen) atoms. The van der Waals surface area contributed by atoms with Gasteiger partial charge in [-0.3, -0.25) is 4.98 Å². The Labute approximate surface area is 151 Å². The summed E-state index contributed by atoms with van der Waals surface area (Å²) in [7, 11) is 0. The molecule has 6 nitrogen and oxygen atoms in total. The molecule has 1 aromatic carbocycles. The number of aromatic nitrogens is 6. The summed E-state index contributed by atoms with van der Waals surface area (Å²) in [6, 6.07) is 8.35. The van der Waals surface area contributed by atoms with Gasteiger partial charge in [-0.15, -0.1) is 0 Å². The third-order valence-electron chi connectivity index (χ3n) is 4.88. The number of hydrogen-bond acceptors (Lipinski definition) is 4. The maximum absolute atomic E-state index is 4.88. The van der Waals surface area contributed by atoms with E-state index in [0.717, 1.165) is 46.2 Å². The Morgan fingerprint density at radius 3 is 2.85 bits per heavy atom. The number of aryl methyl sites for hydroxylation is 2. The SMILES string of the molecule is Cc1nc2ccc(Cc3nc(C4CC4)nn3-c3ccncc3C)cc2[nH]1. The first-order valence-electron chi connectivity index (χ1n) is 8.99. The number of aromatic amines is 1. The van der Waals surface area contributed by atoms with Gasteiger partial charge in [0.15, 0.2) is 5.82 Å². The number of hydrogen-bond donors (Lipinski definition) is 1. The first kappa shape index (κ1) is 15.3. The van der Waals surface area contributed by atoms with Gasteiger partial charge in [0.2, 0.25) is 0 Å². The average molecular weight is 344 g/mol. The summed E-state index contributed by atoms with van der Waals surface area (Å²) in [5, 5.41) is 4.82. The predicted molar refractivity (Wildman–Crippen MR) is 99.5 cm³/mol. The predicted octanol–water partition coefficient (Wildman–Crippen LogP) is 3.62. The van der Waals surface area contributed by atoms with E-state index < -0.39 is 0 Å². The van der Waals surface area contributed by atoms with Crippen LogP contribution in [-0.2, 0) is 6.42 Å². The summed E-state index contributed by atoms with van der Waals surface area (Å²) < 4.78 is 1.99. The summed E-state index contributed by atoms with van der Waals surface area (Å²) in [6.07, 6.45) is 6.80. The van der Waals surface area contributed by atoms with Gasteiger partial charge < -0.3 is 4.98 Å². The molecule has 3 heterocycles. The summed E-state index contributed by atoms with van der Waals surface area (Å²) >= 11 is 0. The molecule has 0 bridgehead atoms. The number of rotatable bonds is 4. The van der Waals surface area contributed by atoms with Crippen molar-refractivity contribution in [2.75, 3.05) is 0 Å². The monoisotopic (exact) mass is 344 g/mol. The van der Waals surface area contributed by atoms with Gasteiger partial charge in [-0.05, 0) is 56.0 Å². The van der Waals surface area contributed by atoms with E-state index in [-0.39, 0.29) is 0 Å². The highest BCUT2D eigenvalue weighted by molar-refractivity contribution is 5.75. The van der Waals surface area contributed by atoms with Crippen LogP contribution in [0.4, 0.5) is 0 Å². The molecule has 0 atom stereocenters. The highest BCUT2D eigenvalue weighted by Gasteiger charge is 2.29. The summed E-state index contributed by atoms with van der Waals surface area (Å²) in [5.41, 5.74) is 5.40. The van der Waals surface area contributed by atoms with Crippen LogP contribution < -0.4 is 0 Å². The minimum atomic E-state index is 0.523. The molecule has 130 valence electrons. The second kappa shape index (κ2) is 5.76. The number of H-pyrrole nitrogens is 1. The zero-order valence-electron chi connectivity index (χ0n) is 14.9. The fourth-order valence-corrected chi connectivity index (χ4v) is 3.36. The van der Waals surface area contributed by atoms with Crippen molar-refractivity contribution >= 4 is 11.0 Å². The number of nitrogens with one attached hydrogen (secondary N) is 1. The van der Waals surface area contributed by atoms with Gasteiger partial charge in [0.1, 0.15) is 11.6 Å². The zero-order chi connectivity index (χ0) is 17.7. The van der Waals surface area contributed by atoms with Crippen LogP contribution in [0.2, 0.25) is 0 Å². The standard InChI is InChI=1S/C20H20N6/c1-12-11-21-8-7-18(12)26-19(24-20(25-26)15-4-5-15)10-14-3-6-16-17(9-14)23-13(2)22-16/h3,6-9,11,15H,4-5,10H2,1-2H3,(H,22,23). The first-order chi connectivity index (χ1) is 12.7. The maximum atomic E-state index is 4.88. The first-order valence-corrected chi connectivity index (χ1v) is 8.99. The van der Waals surface area contributed by atoms with E-state index in [9.17, 15) is 0 Å². The Morgan fingerprint density at radius 1 is 1.15 bits per heavy atom. The van der Waals surface area contributed by atoms with Gasteiger partial charge in [0.05, 0.1) is 16.7 Å². The summed E-state index contributed by atoms with van der Waals surface area (Å²) in [5.74, 6) is 3.39. The van der Waals surface area contributed by atoms with Crippen LogP contribution in [0.1, 0.15) is 47.4 Å². The molecule has 0 saturated heterocycles. The molecule has 4 aromatic rings. The van der Waals surface area contributed by atoms with Crippen molar-refractivity contribution in [2.24, 2.45) is 0 Å². The molecule has 1 fully saturated rings. The number of fused-ring (bicyclic) bond motifs is 1. The maximum Gasteiger partial charge on any atom is 0.154 e. The smallest absolute Gasteiger partial charge is 0.154 e. The van der Waals surface area contributed by atoms with E-state index in [1.54, 1.807) is 0 Å². The number of imidazole rings is 1. The fraction of sp³-hybridized carbons (Fsp3) is 0.300. The van der Waals surface area contributed by atoms with E-state index in [1.165, 1.54) is 18.4 Å². The molecule has 1 saturated carbocycles. The van der Waals surface area contributed by atoms with Crippen LogP contribution >= 0.6 is 0 Å². The molecule has 0 aliphatic heterocycles. The van der Waals surface area contributed by atoms with Gasteiger partial charge in [0, 0.05) is 24.7 Å². The van der Waals surface area contributed by atoms with Gasteiger partial charge in [0.25, 0.3) is 0 Å². The molecule has 5 rings (SSSR count). The van der Waals surface area contributed by atoms with Crippen LogP contribution in [0.3, 0.4) is 0 Å². The number of pyridine rings is 1. The van der Waals surface area contributed by atoms with Gasteiger partial charge in [-0.1, -0.05) is 6.07 Å². The van der Waals surface area contributed by atoms with Crippen molar-refractivity contribution < 1.29 is 0 Å². The lowest BCUT2D eigenvalue weighted by molar-refractivity contribution is 0.791. The topological polar surface area (TPSA) is 72.3 Å². The molecule has 0 radical (unpaired) electrons. The number of nitrogens with zero attached hydrogens (tertiary/aromatic N) is 5. The Balaban J connectivity index is 1.57. The summed E-state index contributed by atoms with van der Waals surface area (Å²) in [4.78, 5) is 16.9. The van der Waals surface area contributed by atoms with Crippen LogP contribution in [0.5, 0.6) is 0 Å². The van der Waals surface area contributed by atoms with E-state index >= 15 is 0 Å². The van der Waals surface area contributed by atoms with Crippen molar-refractivity contribution in [2.45, 2.75) is 39.0 Å². The van der Waals surface area contributed by atoms with Crippen molar-refractivity contribution in [3.05, 3.63) is 65.3 Å². The Kier molecular flexibility index (Phi) is 3.38. The van der Waals surface area contributed by atoms with Crippen LogP contribution in [-0.4, -0.2) is 29.7 Å². The minimum absolute atomic E-state index is 0.523. The molecule has 0 amide bonds.